The predicted molar refractivity (Wildman–Crippen MR) is 98.7 cm³/mol. The molecule has 2 unspecified atom stereocenters. The van der Waals surface area contributed by atoms with Gasteiger partial charge in [0.05, 0.1) is 6.54 Å². The zero-order valence-electron chi connectivity index (χ0n) is 14.2. The molecule has 2 atom stereocenters. The number of carbonyl (C=O) groups is 1. The Hall–Kier alpha value is -1.64. The molecule has 1 saturated heterocycles. The van der Waals surface area contributed by atoms with E-state index in [4.69, 9.17) is 0 Å². The maximum Gasteiger partial charge on any atom is 0.285 e. The molecule has 2 aliphatic rings. The van der Waals surface area contributed by atoms with Gasteiger partial charge in [0.15, 0.2) is 5.84 Å². The Balaban J connectivity index is 0.00000225. The lowest BCUT2D eigenvalue weighted by Gasteiger charge is -2.29. The van der Waals surface area contributed by atoms with Crippen molar-refractivity contribution in [1.29, 1.82) is 0 Å². The van der Waals surface area contributed by atoms with Crippen LogP contribution in [-0.2, 0) is 14.8 Å². The van der Waals surface area contributed by atoms with Gasteiger partial charge in [-0.1, -0.05) is 12.1 Å². The minimum Gasteiger partial charge on any atom is -0.352 e. The summed E-state index contributed by atoms with van der Waals surface area (Å²) >= 11 is 0. The minimum atomic E-state index is -3.66. The summed E-state index contributed by atoms with van der Waals surface area (Å²) in [7, 11) is -1.98. The van der Waals surface area contributed by atoms with E-state index in [0.717, 1.165) is 19.4 Å². The Morgan fingerprint density at radius 3 is 2.84 bits per heavy atom. The van der Waals surface area contributed by atoms with Crippen LogP contribution in [0, 0.1) is 0 Å². The van der Waals surface area contributed by atoms with Crippen LogP contribution in [0.2, 0.25) is 0 Å². The molecule has 1 fully saturated rings. The summed E-state index contributed by atoms with van der Waals surface area (Å²) in [6.07, 6.45) is 1.80. The van der Waals surface area contributed by atoms with Crippen LogP contribution in [0.3, 0.4) is 0 Å². The highest BCUT2D eigenvalue weighted by molar-refractivity contribution is 7.90. The number of fused-ring (bicyclic) bond motifs is 1. The smallest absolute Gasteiger partial charge is 0.285 e. The quantitative estimate of drug-likeness (QED) is 0.799. The van der Waals surface area contributed by atoms with E-state index in [1.165, 1.54) is 6.07 Å². The van der Waals surface area contributed by atoms with Crippen LogP contribution < -0.4 is 10.6 Å². The van der Waals surface area contributed by atoms with Gasteiger partial charge in [-0.25, -0.2) is 0 Å². The van der Waals surface area contributed by atoms with E-state index in [-0.39, 0.29) is 35.8 Å². The summed E-state index contributed by atoms with van der Waals surface area (Å²) in [6.45, 7) is 3.06. The maximum absolute atomic E-state index is 12.3. The topological polar surface area (TPSA) is 90.9 Å². The Morgan fingerprint density at radius 1 is 1.40 bits per heavy atom. The first-order valence-electron chi connectivity index (χ1n) is 8.05. The second kappa shape index (κ2) is 7.72. The molecule has 0 spiro atoms. The standard InChI is InChI=1S/C16H22N4O3S.ClH/c1-11-9-12(7-8-17-11)18-15(21)10-20(2)16-13-5-3-4-6-14(13)24(22,23)19-16;/h3-6,11-12,17H,7-10H2,1-2H3,(H,18,21);1H. The van der Waals surface area contributed by atoms with Gasteiger partial charge in [-0.3, -0.25) is 4.79 Å². The molecule has 0 radical (unpaired) electrons. The number of benzene rings is 1. The van der Waals surface area contributed by atoms with Crippen LogP contribution in [0.4, 0.5) is 0 Å². The highest BCUT2D eigenvalue weighted by Gasteiger charge is 2.31. The number of hydrogen-bond acceptors (Lipinski definition) is 5. The van der Waals surface area contributed by atoms with Gasteiger partial charge in [0.1, 0.15) is 4.90 Å². The molecule has 1 aromatic rings. The number of sulfonamides is 1. The molecule has 25 heavy (non-hydrogen) atoms. The van der Waals surface area contributed by atoms with E-state index in [0.29, 0.717) is 17.4 Å². The normalized spacial score (nSPS) is 23.8. The highest BCUT2D eigenvalue weighted by atomic mass is 35.5. The summed E-state index contributed by atoms with van der Waals surface area (Å²) in [5, 5.41) is 6.37. The molecule has 0 aliphatic carbocycles. The van der Waals surface area contributed by atoms with Crippen LogP contribution in [0.1, 0.15) is 25.3 Å². The van der Waals surface area contributed by atoms with Gasteiger partial charge in [0.2, 0.25) is 5.91 Å². The van der Waals surface area contributed by atoms with Crippen molar-refractivity contribution in [3.63, 3.8) is 0 Å². The molecule has 2 aliphatic heterocycles. The molecular weight excluding hydrogens is 364 g/mol. The second-order valence-corrected chi connectivity index (χ2v) is 7.96. The van der Waals surface area contributed by atoms with E-state index in [9.17, 15) is 13.2 Å². The average Bonchev–Trinajstić information content (AvgIpc) is 2.79. The molecule has 138 valence electrons. The summed E-state index contributed by atoms with van der Waals surface area (Å²) in [4.78, 5) is 14.1. The third-order valence-corrected chi connectivity index (χ3v) is 5.67. The average molecular weight is 387 g/mol. The minimum absolute atomic E-state index is 0. The van der Waals surface area contributed by atoms with Crippen molar-refractivity contribution in [3.8, 4) is 0 Å². The van der Waals surface area contributed by atoms with Gasteiger partial charge in [0.25, 0.3) is 10.0 Å². The van der Waals surface area contributed by atoms with Gasteiger partial charge in [0, 0.05) is 24.7 Å². The molecule has 1 aromatic carbocycles. The number of nitrogens with one attached hydrogen (secondary N) is 2. The van der Waals surface area contributed by atoms with Crippen molar-refractivity contribution in [3.05, 3.63) is 29.8 Å². The van der Waals surface area contributed by atoms with Crippen molar-refractivity contribution < 1.29 is 13.2 Å². The predicted octanol–water partition coefficient (Wildman–Crippen LogP) is 0.746. The molecular formula is C16H23ClN4O3S. The SMILES string of the molecule is CC1CC(NC(=O)CN(C)C2=NS(=O)(=O)c3ccccc32)CCN1.Cl. The number of piperidine rings is 1. The number of hydrogen-bond donors (Lipinski definition) is 2. The van der Waals surface area contributed by atoms with Crippen molar-refractivity contribution in [1.82, 2.24) is 15.5 Å². The Kier molecular flexibility index (Phi) is 6.08. The first kappa shape index (κ1) is 19.7. The molecule has 1 amide bonds. The lowest BCUT2D eigenvalue weighted by Crippen LogP contribution is -2.49. The van der Waals surface area contributed by atoms with Crippen LogP contribution in [0.25, 0.3) is 0 Å². The lowest BCUT2D eigenvalue weighted by molar-refractivity contribution is -0.122. The van der Waals surface area contributed by atoms with E-state index in [2.05, 4.69) is 22.0 Å². The summed E-state index contributed by atoms with van der Waals surface area (Å²) in [6, 6.07) is 7.22. The van der Waals surface area contributed by atoms with Crippen molar-refractivity contribution in [2.75, 3.05) is 20.1 Å². The monoisotopic (exact) mass is 386 g/mol. The molecule has 0 saturated carbocycles. The Morgan fingerprint density at radius 2 is 2.12 bits per heavy atom. The number of amidine groups is 1. The number of halogens is 1. The van der Waals surface area contributed by atoms with Gasteiger partial charge < -0.3 is 15.5 Å². The maximum atomic E-state index is 12.3. The highest BCUT2D eigenvalue weighted by Crippen LogP contribution is 2.26. The third-order valence-electron chi connectivity index (χ3n) is 4.34. The number of carbonyl (C=O) groups excluding carboxylic acids is 1. The molecule has 3 rings (SSSR count). The first-order chi connectivity index (χ1) is 11.4. The number of rotatable bonds is 3. The van der Waals surface area contributed by atoms with Gasteiger partial charge in [-0.05, 0) is 38.4 Å². The Bertz CT molecular complexity index is 781. The summed E-state index contributed by atoms with van der Waals surface area (Å²) in [5.41, 5.74) is 0.545. The zero-order valence-corrected chi connectivity index (χ0v) is 15.9. The van der Waals surface area contributed by atoms with Crippen molar-refractivity contribution in [2.45, 2.75) is 36.7 Å². The number of amides is 1. The fourth-order valence-corrected chi connectivity index (χ4v) is 4.44. The van der Waals surface area contributed by atoms with E-state index < -0.39 is 10.0 Å². The number of likely N-dealkylation sites (N-methyl/N-ethyl adjacent to an activating group) is 1. The fraction of sp³-hybridized carbons (Fsp3) is 0.500. The summed E-state index contributed by atoms with van der Waals surface area (Å²) in [5.74, 6) is 0.195. The molecule has 2 heterocycles. The third kappa shape index (κ3) is 4.31. The van der Waals surface area contributed by atoms with E-state index in [1.54, 1.807) is 30.1 Å². The van der Waals surface area contributed by atoms with Gasteiger partial charge >= 0.3 is 0 Å². The van der Waals surface area contributed by atoms with Crippen LogP contribution in [0.15, 0.2) is 33.6 Å². The molecule has 9 heteroatoms. The van der Waals surface area contributed by atoms with Crippen molar-refractivity contribution in [2.24, 2.45) is 4.40 Å². The Labute approximate surface area is 154 Å². The molecule has 2 N–H and O–H groups in total. The second-order valence-electron chi connectivity index (χ2n) is 6.39. The molecule has 7 nitrogen and oxygen atoms in total. The fourth-order valence-electron chi connectivity index (χ4n) is 3.19. The molecule has 0 bridgehead atoms. The van der Waals surface area contributed by atoms with Crippen LogP contribution >= 0.6 is 12.4 Å². The number of nitrogens with zero attached hydrogens (tertiary/aromatic N) is 2. The van der Waals surface area contributed by atoms with Crippen molar-refractivity contribution >= 4 is 34.2 Å². The zero-order chi connectivity index (χ0) is 17.3. The molecule has 0 aromatic heterocycles. The van der Waals surface area contributed by atoms with E-state index >= 15 is 0 Å². The van der Waals surface area contributed by atoms with Crippen LogP contribution in [0.5, 0.6) is 0 Å². The largest absolute Gasteiger partial charge is 0.352 e. The van der Waals surface area contributed by atoms with Gasteiger partial charge in [-0.15, -0.1) is 16.8 Å². The van der Waals surface area contributed by atoms with Gasteiger partial charge in [-0.2, -0.15) is 8.42 Å². The summed E-state index contributed by atoms with van der Waals surface area (Å²) < 4.78 is 28.0. The lowest BCUT2D eigenvalue weighted by atomic mass is 10.0. The first-order valence-corrected chi connectivity index (χ1v) is 9.49. The van der Waals surface area contributed by atoms with Crippen LogP contribution in [-0.4, -0.2) is 57.3 Å². The van der Waals surface area contributed by atoms with E-state index in [1.807, 2.05) is 0 Å².